The highest BCUT2D eigenvalue weighted by molar-refractivity contribution is 6.36. The van der Waals surface area contributed by atoms with Gasteiger partial charge in [0.05, 0.1) is 17.2 Å². The highest BCUT2D eigenvalue weighted by Gasteiger charge is 2.65. The summed E-state index contributed by atoms with van der Waals surface area (Å²) in [5, 5.41) is 43.9. The highest BCUT2D eigenvalue weighted by Crippen LogP contribution is 2.54. The Hall–Kier alpha value is -3.05. The fourth-order valence-electron chi connectivity index (χ4n) is 5.29. The van der Waals surface area contributed by atoms with Gasteiger partial charge in [-0.1, -0.05) is 11.6 Å². The Balaban J connectivity index is 2.06. The zero-order valence-corrected chi connectivity index (χ0v) is 18.6. The van der Waals surface area contributed by atoms with Crippen LogP contribution in [0, 0.1) is 5.92 Å². The van der Waals surface area contributed by atoms with E-state index in [1.54, 1.807) is 0 Å². The number of likely N-dealkylation sites (N-methyl/N-ethyl adjacent to an activating group) is 1. The molecule has 0 saturated carbocycles. The quantitative estimate of drug-likeness (QED) is 0.364. The third-order valence-electron chi connectivity index (χ3n) is 6.79. The van der Waals surface area contributed by atoms with Crippen LogP contribution in [0.4, 0.5) is 0 Å². The van der Waals surface area contributed by atoms with Gasteiger partial charge in [0, 0.05) is 16.5 Å². The Labute approximate surface area is 192 Å². The molecule has 3 aliphatic carbocycles. The number of aromatic hydroxyl groups is 1. The SMILES string of the molecule is CN(C)[C@@H]1C(=O)C(C(N)=O)=C(O)[C@]2(O)C(=O)C3=C(C[C@@H]12)[C@@](C)(O)c1c(Cl)ccc(O)c1C3=O. The zero-order chi connectivity index (χ0) is 24.8. The molecule has 0 spiro atoms. The van der Waals surface area contributed by atoms with E-state index in [-0.39, 0.29) is 22.6 Å². The number of Topliss-reactive ketones (excluding diaryl/α,β-unsaturated/α-hetero) is 3. The van der Waals surface area contributed by atoms with Crippen molar-refractivity contribution in [2.24, 2.45) is 11.7 Å². The zero-order valence-electron chi connectivity index (χ0n) is 17.8. The molecule has 1 amide bonds. The number of phenols is 1. The van der Waals surface area contributed by atoms with Crippen LogP contribution in [0.5, 0.6) is 5.75 Å². The first-order valence-electron chi connectivity index (χ1n) is 9.92. The lowest BCUT2D eigenvalue weighted by molar-refractivity contribution is -0.150. The van der Waals surface area contributed by atoms with E-state index in [2.05, 4.69) is 0 Å². The van der Waals surface area contributed by atoms with Crippen molar-refractivity contribution < 1.29 is 39.6 Å². The number of aliphatic hydroxyl groups is 3. The Morgan fingerprint density at radius 1 is 1.18 bits per heavy atom. The molecular formula is C22H21ClN2O8. The first-order chi connectivity index (χ1) is 15.2. The molecule has 174 valence electrons. The molecule has 4 rings (SSSR count). The van der Waals surface area contributed by atoms with Gasteiger partial charge in [-0.25, -0.2) is 0 Å². The minimum Gasteiger partial charge on any atom is -0.508 e. The van der Waals surface area contributed by atoms with Crippen molar-refractivity contribution in [3.8, 4) is 5.75 Å². The Kier molecular flexibility index (Phi) is 4.89. The van der Waals surface area contributed by atoms with Crippen molar-refractivity contribution in [2.75, 3.05) is 14.1 Å². The second-order valence-corrected chi connectivity index (χ2v) is 9.25. The van der Waals surface area contributed by atoms with E-state index in [4.69, 9.17) is 17.3 Å². The summed E-state index contributed by atoms with van der Waals surface area (Å²) in [4.78, 5) is 53.3. The van der Waals surface area contributed by atoms with Crippen molar-refractivity contribution in [1.82, 2.24) is 4.90 Å². The molecule has 0 aromatic heterocycles. The Bertz CT molecular complexity index is 1250. The van der Waals surface area contributed by atoms with Crippen LogP contribution in [-0.4, -0.2) is 74.3 Å². The van der Waals surface area contributed by atoms with Crippen molar-refractivity contribution >= 4 is 34.9 Å². The van der Waals surface area contributed by atoms with Gasteiger partial charge >= 0.3 is 0 Å². The van der Waals surface area contributed by atoms with Gasteiger partial charge in [-0.05, 0) is 45.1 Å². The van der Waals surface area contributed by atoms with Gasteiger partial charge in [-0.3, -0.25) is 24.1 Å². The molecule has 0 radical (unpaired) electrons. The number of amides is 1. The van der Waals surface area contributed by atoms with Crippen molar-refractivity contribution in [2.45, 2.75) is 30.6 Å². The lowest BCUT2D eigenvalue weighted by Gasteiger charge is -2.50. The molecule has 0 heterocycles. The number of phenolic OH excluding ortho intramolecular Hbond substituents is 1. The monoisotopic (exact) mass is 476 g/mol. The minimum absolute atomic E-state index is 0.0383. The number of rotatable bonds is 2. The average Bonchev–Trinajstić information content (AvgIpc) is 2.69. The van der Waals surface area contributed by atoms with Crippen LogP contribution < -0.4 is 5.73 Å². The molecule has 3 aliphatic rings. The van der Waals surface area contributed by atoms with Gasteiger partial charge < -0.3 is 26.2 Å². The maximum Gasteiger partial charge on any atom is 0.255 e. The molecule has 0 saturated heterocycles. The molecule has 0 aliphatic heterocycles. The molecule has 33 heavy (non-hydrogen) atoms. The Morgan fingerprint density at radius 2 is 1.79 bits per heavy atom. The molecule has 4 atom stereocenters. The standard InChI is InChI=1S/C22H21ClN2O8/c1-21(32)7-6-8-15(25(2)3)17(28)13(20(24)31)19(30)22(8,33)18(29)11(7)16(27)12-10(26)5-4-9(23)14(12)21/h4-5,8,15,26,30,32-33H,6H2,1-3H3,(H2,24,31)/t8-,15-,21+,22+/m0/s1. The average molecular weight is 477 g/mol. The number of hydrogen-bond donors (Lipinski definition) is 5. The van der Waals surface area contributed by atoms with Crippen LogP contribution in [-0.2, 0) is 20.0 Å². The minimum atomic E-state index is -2.84. The molecule has 0 unspecified atom stereocenters. The molecule has 6 N–H and O–H groups in total. The van der Waals surface area contributed by atoms with Gasteiger partial charge in [0.15, 0.2) is 11.4 Å². The summed E-state index contributed by atoms with van der Waals surface area (Å²) in [6.07, 6.45) is -0.383. The predicted molar refractivity (Wildman–Crippen MR) is 113 cm³/mol. The smallest absolute Gasteiger partial charge is 0.255 e. The van der Waals surface area contributed by atoms with Crippen LogP contribution in [0.2, 0.25) is 5.02 Å². The van der Waals surface area contributed by atoms with E-state index in [0.717, 1.165) is 6.07 Å². The second-order valence-electron chi connectivity index (χ2n) is 8.84. The third kappa shape index (κ3) is 2.72. The summed E-state index contributed by atoms with van der Waals surface area (Å²) in [6.45, 7) is 1.27. The first kappa shape index (κ1) is 23.1. The van der Waals surface area contributed by atoms with Crippen LogP contribution >= 0.6 is 11.6 Å². The van der Waals surface area contributed by atoms with Gasteiger partial charge in [0.2, 0.25) is 11.6 Å². The van der Waals surface area contributed by atoms with E-state index in [1.165, 1.54) is 32.0 Å². The van der Waals surface area contributed by atoms with Gasteiger partial charge in [0.25, 0.3) is 5.91 Å². The summed E-state index contributed by atoms with van der Waals surface area (Å²) >= 11 is 6.23. The molecule has 0 fully saturated rings. The van der Waals surface area contributed by atoms with E-state index in [1.807, 2.05) is 0 Å². The van der Waals surface area contributed by atoms with Crippen molar-refractivity contribution in [3.05, 3.63) is 50.8 Å². The van der Waals surface area contributed by atoms with Crippen LogP contribution in [0.1, 0.15) is 29.3 Å². The lowest BCUT2D eigenvalue weighted by atomic mass is 9.57. The van der Waals surface area contributed by atoms with E-state index >= 15 is 0 Å². The van der Waals surface area contributed by atoms with Crippen molar-refractivity contribution in [3.63, 3.8) is 0 Å². The summed E-state index contributed by atoms with van der Waals surface area (Å²) in [5.41, 5.74) is -1.88. The van der Waals surface area contributed by atoms with Gasteiger partial charge in [0.1, 0.15) is 22.7 Å². The van der Waals surface area contributed by atoms with E-state index in [9.17, 15) is 39.6 Å². The molecule has 0 bridgehead atoms. The number of ketones is 3. The van der Waals surface area contributed by atoms with Gasteiger partial charge in [-0.15, -0.1) is 0 Å². The second kappa shape index (κ2) is 6.97. The maximum absolute atomic E-state index is 13.6. The Morgan fingerprint density at radius 3 is 2.33 bits per heavy atom. The van der Waals surface area contributed by atoms with Crippen LogP contribution in [0.15, 0.2) is 34.6 Å². The number of hydrogen-bond acceptors (Lipinski definition) is 9. The summed E-state index contributed by atoms with van der Waals surface area (Å²) < 4.78 is 0. The number of fused-ring (bicyclic) bond motifs is 2. The molecule has 1 aromatic carbocycles. The number of nitrogens with two attached hydrogens (primary N) is 1. The van der Waals surface area contributed by atoms with E-state index in [0.29, 0.717) is 0 Å². The van der Waals surface area contributed by atoms with Crippen LogP contribution in [0.25, 0.3) is 0 Å². The largest absolute Gasteiger partial charge is 0.508 e. The first-order valence-corrected chi connectivity index (χ1v) is 10.3. The maximum atomic E-state index is 13.6. The molecule has 1 aromatic rings. The number of halogens is 1. The number of primary amides is 1. The number of nitrogens with zero attached hydrogens (tertiary/aromatic N) is 1. The fraction of sp³-hybridized carbons (Fsp3) is 0.364. The third-order valence-corrected chi connectivity index (χ3v) is 7.11. The van der Waals surface area contributed by atoms with Crippen LogP contribution in [0.3, 0.4) is 0 Å². The number of aliphatic hydroxyl groups excluding tert-OH is 1. The summed E-state index contributed by atoms with van der Waals surface area (Å²) in [5.74, 6) is -7.75. The van der Waals surface area contributed by atoms with E-state index < -0.39 is 74.6 Å². The number of carbonyl (C=O) groups is 4. The lowest BCUT2D eigenvalue weighted by Crippen LogP contribution is -2.65. The highest BCUT2D eigenvalue weighted by atomic mass is 35.5. The fourth-order valence-corrected chi connectivity index (χ4v) is 5.63. The van der Waals surface area contributed by atoms with Gasteiger partial charge in [-0.2, -0.15) is 0 Å². The molecular weight excluding hydrogens is 456 g/mol. The summed E-state index contributed by atoms with van der Waals surface area (Å²) in [6, 6.07) is 1.11. The predicted octanol–water partition coefficient (Wildman–Crippen LogP) is -0.124. The summed E-state index contributed by atoms with van der Waals surface area (Å²) in [7, 11) is 2.93. The molecule has 11 heteroatoms. The topological polar surface area (TPSA) is 178 Å². The number of benzene rings is 1. The molecule has 10 nitrogen and oxygen atoms in total. The number of carbonyl (C=O) groups excluding carboxylic acids is 4. The normalized spacial score (nSPS) is 31.5. The van der Waals surface area contributed by atoms with Crippen molar-refractivity contribution in [1.29, 1.82) is 0 Å².